The van der Waals surface area contributed by atoms with Gasteiger partial charge in [0.25, 0.3) is 5.69 Å². The van der Waals surface area contributed by atoms with E-state index in [0.717, 1.165) is 10.5 Å². The van der Waals surface area contributed by atoms with Crippen LogP contribution >= 0.6 is 0 Å². The number of carbonyl (C=O) groups is 3. The molecule has 0 aromatic heterocycles. The van der Waals surface area contributed by atoms with Crippen molar-refractivity contribution >= 4 is 23.7 Å². The number of primary amides is 1. The Bertz CT molecular complexity index is 986. The van der Waals surface area contributed by atoms with Crippen molar-refractivity contribution in [1.82, 2.24) is 10.2 Å². The van der Waals surface area contributed by atoms with Crippen LogP contribution in [0.2, 0.25) is 0 Å². The molecule has 176 valence electrons. The highest BCUT2D eigenvalue weighted by Crippen LogP contribution is 2.22. The number of imide groups is 1. The minimum absolute atomic E-state index is 0.0358. The lowest BCUT2D eigenvalue weighted by atomic mass is 9.96. The Morgan fingerprint density at radius 1 is 1.09 bits per heavy atom. The van der Waals surface area contributed by atoms with Gasteiger partial charge in [0, 0.05) is 25.2 Å². The minimum Gasteiger partial charge on any atom is -0.444 e. The Labute approximate surface area is 191 Å². The minimum atomic E-state index is -1.01. The van der Waals surface area contributed by atoms with Crippen molar-refractivity contribution in [2.45, 2.75) is 38.7 Å². The van der Waals surface area contributed by atoms with E-state index < -0.39 is 34.5 Å². The lowest BCUT2D eigenvalue weighted by Gasteiger charge is -2.26. The van der Waals surface area contributed by atoms with E-state index in [-0.39, 0.29) is 18.8 Å². The number of nitro groups is 1. The normalized spacial score (nSPS) is 11.8. The molecule has 0 saturated heterocycles. The van der Waals surface area contributed by atoms with E-state index >= 15 is 0 Å². The molecule has 0 radical (unpaired) electrons. The van der Waals surface area contributed by atoms with E-state index in [1.54, 1.807) is 20.8 Å². The molecule has 4 amide bonds. The number of carbonyl (C=O) groups excluding carboxylic acids is 3. The molecule has 2 aromatic carbocycles. The van der Waals surface area contributed by atoms with Crippen molar-refractivity contribution in [1.29, 1.82) is 0 Å². The van der Waals surface area contributed by atoms with E-state index in [1.807, 2.05) is 30.3 Å². The highest BCUT2D eigenvalue weighted by Gasteiger charge is 2.30. The summed E-state index contributed by atoms with van der Waals surface area (Å²) in [7, 11) is 0. The van der Waals surface area contributed by atoms with Crippen molar-refractivity contribution in [3.63, 3.8) is 0 Å². The molecule has 0 aliphatic rings. The number of nitro benzene ring substituents is 1. The zero-order valence-corrected chi connectivity index (χ0v) is 18.8. The average Bonchev–Trinajstić information content (AvgIpc) is 2.73. The first kappa shape index (κ1) is 25.3. The van der Waals surface area contributed by atoms with Gasteiger partial charge in [-0.1, -0.05) is 42.5 Å². The standard InChI is InChI=1S/C23H28N4O6/c1-23(2,3)33-22(30)25-15-19(17-9-11-18(12-10-17)27(31)32)20(28)26(21(24)29)14-13-16-7-5-4-6-8-16/h4-12,19H,13-15H2,1-3H3,(H2,24,29)(H,25,30)/t19-/m1/s1. The zero-order chi connectivity index (χ0) is 24.6. The van der Waals surface area contributed by atoms with Crippen LogP contribution in [0.4, 0.5) is 15.3 Å². The summed E-state index contributed by atoms with van der Waals surface area (Å²) < 4.78 is 5.21. The second-order valence-electron chi connectivity index (χ2n) is 8.35. The van der Waals surface area contributed by atoms with Crippen LogP contribution in [0.5, 0.6) is 0 Å². The third kappa shape index (κ3) is 7.91. The van der Waals surface area contributed by atoms with Gasteiger partial charge in [-0.05, 0) is 38.3 Å². The summed E-state index contributed by atoms with van der Waals surface area (Å²) in [6.45, 7) is 4.94. The van der Waals surface area contributed by atoms with Crippen LogP contribution < -0.4 is 11.1 Å². The van der Waals surface area contributed by atoms with Gasteiger partial charge in [0.1, 0.15) is 5.60 Å². The maximum atomic E-state index is 13.3. The highest BCUT2D eigenvalue weighted by atomic mass is 16.6. The molecule has 0 bridgehead atoms. The Kier molecular flexibility index (Phi) is 8.49. The molecule has 0 saturated carbocycles. The number of hydrogen-bond donors (Lipinski definition) is 2. The van der Waals surface area contributed by atoms with Crippen molar-refractivity contribution in [2.75, 3.05) is 13.1 Å². The van der Waals surface area contributed by atoms with E-state index in [0.29, 0.717) is 12.0 Å². The van der Waals surface area contributed by atoms with Gasteiger partial charge < -0.3 is 15.8 Å². The summed E-state index contributed by atoms with van der Waals surface area (Å²) in [5.74, 6) is -1.65. The van der Waals surface area contributed by atoms with Crippen molar-refractivity contribution in [3.8, 4) is 0 Å². The molecule has 0 heterocycles. The Morgan fingerprint density at radius 3 is 2.21 bits per heavy atom. The third-order valence-corrected chi connectivity index (χ3v) is 4.65. The summed E-state index contributed by atoms with van der Waals surface area (Å²) in [5, 5.41) is 13.5. The number of alkyl carbamates (subject to hydrolysis) is 1. The van der Waals surface area contributed by atoms with Crippen LogP contribution in [0.3, 0.4) is 0 Å². The van der Waals surface area contributed by atoms with E-state index in [4.69, 9.17) is 10.5 Å². The highest BCUT2D eigenvalue weighted by molar-refractivity contribution is 5.97. The van der Waals surface area contributed by atoms with E-state index in [2.05, 4.69) is 5.32 Å². The predicted molar refractivity (Wildman–Crippen MR) is 122 cm³/mol. The lowest BCUT2D eigenvalue weighted by Crippen LogP contribution is -2.47. The fraction of sp³-hybridized carbons (Fsp3) is 0.348. The van der Waals surface area contributed by atoms with Gasteiger partial charge in [-0.25, -0.2) is 9.59 Å². The van der Waals surface area contributed by atoms with Crippen molar-refractivity contribution in [2.24, 2.45) is 5.73 Å². The molecule has 10 nitrogen and oxygen atoms in total. The Hall–Kier alpha value is -3.95. The molecule has 0 spiro atoms. The largest absolute Gasteiger partial charge is 0.444 e. The van der Waals surface area contributed by atoms with Gasteiger partial charge in [-0.15, -0.1) is 0 Å². The molecule has 0 aliphatic heterocycles. The first-order valence-corrected chi connectivity index (χ1v) is 10.3. The zero-order valence-electron chi connectivity index (χ0n) is 18.8. The molecule has 10 heteroatoms. The van der Waals surface area contributed by atoms with E-state index in [9.17, 15) is 24.5 Å². The fourth-order valence-electron chi connectivity index (χ4n) is 3.08. The SMILES string of the molecule is CC(C)(C)OC(=O)NC[C@@H](C(=O)N(CCc1ccccc1)C(N)=O)c1ccc([N+](=O)[O-])cc1. The molecule has 33 heavy (non-hydrogen) atoms. The van der Waals surface area contributed by atoms with Crippen molar-refractivity contribution in [3.05, 3.63) is 75.8 Å². The first-order chi connectivity index (χ1) is 15.5. The topological polar surface area (TPSA) is 145 Å². The number of rotatable bonds is 8. The Morgan fingerprint density at radius 2 is 1.70 bits per heavy atom. The number of nitrogens with one attached hydrogen (secondary N) is 1. The fourth-order valence-corrected chi connectivity index (χ4v) is 3.08. The maximum Gasteiger partial charge on any atom is 0.407 e. The molecule has 1 atom stereocenters. The summed E-state index contributed by atoms with van der Waals surface area (Å²) in [6, 6.07) is 13.7. The number of urea groups is 1. The summed E-state index contributed by atoms with van der Waals surface area (Å²) >= 11 is 0. The summed E-state index contributed by atoms with van der Waals surface area (Å²) in [4.78, 5) is 48.9. The van der Waals surface area contributed by atoms with Crippen molar-refractivity contribution < 1.29 is 24.0 Å². The predicted octanol–water partition coefficient (Wildman–Crippen LogP) is 3.35. The van der Waals surface area contributed by atoms with Crippen LogP contribution in [-0.4, -0.2) is 46.5 Å². The van der Waals surface area contributed by atoms with Crippen LogP contribution in [-0.2, 0) is 16.0 Å². The third-order valence-electron chi connectivity index (χ3n) is 4.65. The van der Waals surface area contributed by atoms with Crippen LogP contribution in [0, 0.1) is 10.1 Å². The lowest BCUT2D eigenvalue weighted by molar-refractivity contribution is -0.384. The monoisotopic (exact) mass is 456 g/mol. The molecular weight excluding hydrogens is 428 g/mol. The maximum absolute atomic E-state index is 13.3. The summed E-state index contributed by atoms with van der Waals surface area (Å²) in [5.41, 5.74) is 5.88. The second kappa shape index (κ2) is 11.1. The van der Waals surface area contributed by atoms with Crippen LogP contribution in [0.1, 0.15) is 37.8 Å². The number of non-ortho nitro benzene ring substituents is 1. The molecule has 0 unspecified atom stereocenters. The quantitative estimate of drug-likeness (QED) is 0.460. The van der Waals surface area contributed by atoms with Crippen LogP contribution in [0.25, 0.3) is 0 Å². The van der Waals surface area contributed by atoms with E-state index in [1.165, 1.54) is 24.3 Å². The van der Waals surface area contributed by atoms with Gasteiger partial charge in [-0.3, -0.25) is 19.8 Å². The molecule has 3 N–H and O–H groups in total. The Balaban J connectivity index is 2.26. The second-order valence-corrected chi connectivity index (χ2v) is 8.35. The average molecular weight is 456 g/mol. The number of benzene rings is 2. The molecule has 0 aliphatic carbocycles. The molecular formula is C23H28N4O6. The van der Waals surface area contributed by atoms with Gasteiger partial charge in [0.15, 0.2) is 0 Å². The van der Waals surface area contributed by atoms with Gasteiger partial charge in [-0.2, -0.15) is 0 Å². The number of nitrogens with zero attached hydrogens (tertiary/aromatic N) is 2. The smallest absolute Gasteiger partial charge is 0.407 e. The summed E-state index contributed by atoms with van der Waals surface area (Å²) in [6.07, 6.45) is -0.348. The number of ether oxygens (including phenoxy) is 1. The first-order valence-electron chi connectivity index (χ1n) is 10.3. The van der Waals surface area contributed by atoms with Gasteiger partial charge >= 0.3 is 12.1 Å². The number of amides is 4. The van der Waals surface area contributed by atoms with Gasteiger partial charge in [0.2, 0.25) is 5.91 Å². The molecule has 2 aromatic rings. The number of hydrogen-bond acceptors (Lipinski definition) is 6. The molecule has 2 rings (SSSR count). The molecule has 0 fully saturated rings. The van der Waals surface area contributed by atoms with Crippen LogP contribution in [0.15, 0.2) is 54.6 Å². The van der Waals surface area contributed by atoms with Gasteiger partial charge in [0.05, 0.1) is 10.8 Å². The number of nitrogens with two attached hydrogens (primary N) is 1.